The number of rotatable bonds is 13. The van der Waals surface area contributed by atoms with Crippen LogP contribution in [0, 0.1) is 0 Å². The minimum absolute atomic E-state index is 0.102. The van der Waals surface area contributed by atoms with Gasteiger partial charge in [0.2, 0.25) is 11.8 Å². The Labute approximate surface area is 155 Å². The van der Waals surface area contributed by atoms with Gasteiger partial charge >= 0.3 is 11.9 Å². The summed E-state index contributed by atoms with van der Waals surface area (Å²) in [5, 5.41) is 30.9. The van der Waals surface area contributed by atoms with Crippen LogP contribution in [-0.2, 0) is 19.2 Å². The molecule has 0 heterocycles. The number of aliphatic imine (C=N–C) groups is 1. The lowest BCUT2D eigenvalue weighted by Gasteiger charge is -2.21. The van der Waals surface area contributed by atoms with Gasteiger partial charge in [0, 0.05) is 13.0 Å². The molecule has 0 bridgehead atoms. The lowest BCUT2D eigenvalue weighted by molar-refractivity contribution is -0.144. The molecule has 0 saturated heterocycles. The highest BCUT2D eigenvalue weighted by Gasteiger charge is 2.27. The van der Waals surface area contributed by atoms with Crippen LogP contribution in [0.4, 0.5) is 0 Å². The first kappa shape index (κ1) is 24.1. The molecule has 0 aromatic rings. The summed E-state index contributed by atoms with van der Waals surface area (Å²) in [4.78, 5) is 49.6. The number of nitrogens with zero attached hydrogens (tertiary/aromatic N) is 1. The number of nitrogens with two attached hydrogens (primary N) is 3. The van der Waals surface area contributed by atoms with Crippen LogP contribution in [0.2, 0.25) is 0 Å². The van der Waals surface area contributed by atoms with Crippen molar-refractivity contribution in [3.63, 3.8) is 0 Å². The van der Waals surface area contributed by atoms with E-state index in [2.05, 4.69) is 10.3 Å². The molecule has 13 nitrogen and oxygen atoms in total. The topological polar surface area (TPSA) is 243 Å². The van der Waals surface area contributed by atoms with Gasteiger partial charge in [0.25, 0.3) is 0 Å². The summed E-state index contributed by atoms with van der Waals surface area (Å²) in [6.45, 7) is -0.617. The van der Waals surface area contributed by atoms with Crippen molar-refractivity contribution in [1.29, 1.82) is 0 Å². The van der Waals surface area contributed by atoms with Crippen LogP contribution in [0.3, 0.4) is 0 Å². The molecule has 0 aliphatic heterocycles. The van der Waals surface area contributed by atoms with Gasteiger partial charge in [-0.05, 0) is 19.3 Å². The molecule has 0 spiro atoms. The normalized spacial score (nSPS) is 13.7. The first-order valence-electron chi connectivity index (χ1n) is 8.05. The second-order valence-electron chi connectivity index (χ2n) is 5.63. The summed E-state index contributed by atoms with van der Waals surface area (Å²) in [5.74, 6) is -4.46. The third-order valence-electron chi connectivity index (χ3n) is 3.38. The van der Waals surface area contributed by atoms with E-state index < -0.39 is 54.9 Å². The maximum absolute atomic E-state index is 12.1. The van der Waals surface area contributed by atoms with E-state index in [0.29, 0.717) is 6.42 Å². The molecule has 0 radical (unpaired) electrons. The van der Waals surface area contributed by atoms with Gasteiger partial charge in [-0.15, -0.1) is 0 Å². The highest BCUT2D eigenvalue weighted by molar-refractivity contribution is 5.92. The number of hydrogen-bond acceptors (Lipinski definition) is 7. The molecule has 0 aromatic carbocycles. The molecule has 154 valence electrons. The number of aliphatic hydroxyl groups is 1. The van der Waals surface area contributed by atoms with Gasteiger partial charge in [-0.3, -0.25) is 19.4 Å². The Bertz CT molecular complexity index is 564. The second-order valence-corrected chi connectivity index (χ2v) is 5.63. The summed E-state index contributed by atoms with van der Waals surface area (Å²) in [5.41, 5.74) is 16.0. The number of aliphatic hydroxyl groups excluding tert-OH is 1. The number of hydrogen-bond donors (Lipinski definition) is 8. The number of amides is 2. The van der Waals surface area contributed by atoms with Crippen molar-refractivity contribution < 1.29 is 34.5 Å². The second kappa shape index (κ2) is 12.4. The highest BCUT2D eigenvalue weighted by atomic mass is 16.4. The minimum Gasteiger partial charge on any atom is -0.481 e. The smallest absolute Gasteiger partial charge is 0.328 e. The molecule has 3 unspecified atom stereocenters. The first-order chi connectivity index (χ1) is 12.6. The molecule has 0 fully saturated rings. The molecule has 0 aliphatic rings. The first-order valence-corrected chi connectivity index (χ1v) is 8.05. The van der Waals surface area contributed by atoms with Crippen molar-refractivity contribution >= 4 is 29.7 Å². The van der Waals surface area contributed by atoms with Crippen LogP contribution in [0.25, 0.3) is 0 Å². The van der Waals surface area contributed by atoms with Gasteiger partial charge in [-0.2, -0.15) is 0 Å². The number of carbonyl (C=O) groups is 4. The average Bonchev–Trinajstić information content (AvgIpc) is 2.58. The molecule has 0 aliphatic carbocycles. The van der Waals surface area contributed by atoms with Gasteiger partial charge in [0.1, 0.15) is 12.1 Å². The summed E-state index contributed by atoms with van der Waals surface area (Å²) in [7, 11) is 0. The Morgan fingerprint density at radius 3 is 2.04 bits per heavy atom. The molecular weight excluding hydrogens is 364 g/mol. The van der Waals surface area contributed by atoms with E-state index in [1.54, 1.807) is 0 Å². The van der Waals surface area contributed by atoms with Gasteiger partial charge < -0.3 is 43.2 Å². The van der Waals surface area contributed by atoms with Gasteiger partial charge in [-0.1, -0.05) is 0 Å². The minimum atomic E-state index is -1.59. The molecular formula is C14H26N6O7. The van der Waals surface area contributed by atoms with Crippen LogP contribution < -0.4 is 27.8 Å². The Morgan fingerprint density at radius 2 is 1.56 bits per heavy atom. The van der Waals surface area contributed by atoms with Crippen LogP contribution >= 0.6 is 0 Å². The van der Waals surface area contributed by atoms with Gasteiger partial charge in [-0.25, -0.2) is 4.79 Å². The van der Waals surface area contributed by atoms with Crippen molar-refractivity contribution in [1.82, 2.24) is 10.6 Å². The SMILES string of the molecule is NC(N)=NCCCC(N)C(=O)NC(CCC(=O)O)C(=O)NC(CO)C(=O)O. The molecule has 0 rings (SSSR count). The fourth-order valence-corrected chi connectivity index (χ4v) is 1.92. The van der Waals surface area contributed by atoms with E-state index >= 15 is 0 Å². The number of guanidine groups is 1. The molecule has 2 amide bonds. The molecule has 11 N–H and O–H groups in total. The quantitative estimate of drug-likeness (QED) is 0.0867. The van der Waals surface area contributed by atoms with Gasteiger partial charge in [0.05, 0.1) is 12.6 Å². The third kappa shape index (κ3) is 10.6. The molecule has 27 heavy (non-hydrogen) atoms. The number of nitrogens with one attached hydrogen (secondary N) is 2. The number of carboxylic acids is 2. The molecule has 0 aromatic heterocycles. The summed E-state index contributed by atoms with van der Waals surface area (Å²) >= 11 is 0. The van der Waals surface area contributed by atoms with Gasteiger partial charge in [0.15, 0.2) is 5.96 Å². The van der Waals surface area contributed by atoms with Crippen molar-refractivity contribution in [3.8, 4) is 0 Å². The van der Waals surface area contributed by atoms with Crippen LogP contribution in [0.15, 0.2) is 4.99 Å². The third-order valence-corrected chi connectivity index (χ3v) is 3.38. The van der Waals surface area contributed by atoms with Crippen LogP contribution in [-0.4, -0.2) is 76.3 Å². The lowest BCUT2D eigenvalue weighted by atomic mass is 10.1. The Kier molecular flexibility index (Phi) is 11.1. The fraction of sp³-hybridized carbons (Fsp3) is 0.643. The predicted octanol–water partition coefficient (Wildman–Crippen LogP) is -3.72. The van der Waals surface area contributed by atoms with E-state index in [4.69, 9.17) is 32.5 Å². The van der Waals surface area contributed by atoms with Crippen molar-refractivity contribution in [2.45, 2.75) is 43.8 Å². The van der Waals surface area contributed by atoms with Crippen molar-refractivity contribution in [2.24, 2.45) is 22.2 Å². The number of carboxylic acid groups (broad SMARTS) is 2. The van der Waals surface area contributed by atoms with Crippen molar-refractivity contribution in [3.05, 3.63) is 0 Å². The van der Waals surface area contributed by atoms with E-state index in [1.165, 1.54) is 0 Å². The molecule has 0 saturated carbocycles. The summed E-state index contributed by atoms with van der Waals surface area (Å²) in [6, 6.07) is -3.92. The largest absolute Gasteiger partial charge is 0.481 e. The average molecular weight is 390 g/mol. The summed E-state index contributed by atoms with van der Waals surface area (Å²) < 4.78 is 0. The van der Waals surface area contributed by atoms with E-state index in [0.717, 1.165) is 0 Å². The Morgan fingerprint density at radius 1 is 0.963 bits per heavy atom. The number of aliphatic carboxylic acids is 2. The molecule has 3 atom stereocenters. The van der Waals surface area contributed by atoms with E-state index in [9.17, 15) is 19.2 Å². The van der Waals surface area contributed by atoms with Crippen LogP contribution in [0.1, 0.15) is 25.7 Å². The zero-order valence-corrected chi connectivity index (χ0v) is 14.6. The van der Waals surface area contributed by atoms with Crippen LogP contribution in [0.5, 0.6) is 0 Å². The predicted molar refractivity (Wildman–Crippen MR) is 93.3 cm³/mol. The zero-order chi connectivity index (χ0) is 21.0. The fourth-order valence-electron chi connectivity index (χ4n) is 1.92. The van der Waals surface area contributed by atoms with E-state index in [1.807, 2.05) is 5.32 Å². The lowest BCUT2D eigenvalue weighted by Crippen LogP contribution is -2.55. The Balaban J connectivity index is 4.84. The summed E-state index contributed by atoms with van der Waals surface area (Å²) in [6.07, 6.45) is -0.144. The maximum Gasteiger partial charge on any atom is 0.328 e. The van der Waals surface area contributed by atoms with E-state index in [-0.39, 0.29) is 25.3 Å². The Hall–Kier alpha value is -2.93. The highest BCUT2D eigenvalue weighted by Crippen LogP contribution is 2.02. The maximum atomic E-state index is 12.1. The monoisotopic (exact) mass is 390 g/mol. The van der Waals surface area contributed by atoms with Crippen molar-refractivity contribution in [2.75, 3.05) is 13.2 Å². The number of carbonyl (C=O) groups excluding carboxylic acids is 2. The zero-order valence-electron chi connectivity index (χ0n) is 14.6. The standard InChI is InChI=1S/C14H26N6O7/c15-7(2-1-5-18-14(16)17)11(24)19-8(3-4-10(22)23)12(25)20-9(6-21)13(26)27/h7-9,21H,1-6,15H2,(H,19,24)(H,20,25)(H,22,23)(H,26,27)(H4,16,17,18). The molecule has 13 heteroatoms.